The van der Waals surface area contributed by atoms with E-state index in [2.05, 4.69) is 5.10 Å². The molecule has 0 N–H and O–H groups in total. The van der Waals surface area contributed by atoms with Crippen molar-refractivity contribution in [3.8, 4) is 0 Å². The number of hydrogen-bond donors (Lipinski definition) is 0. The summed E-state index contributed by atoms with van der Waals surface area (Å²) < 4.78 is 1.87. The second kappa shape index (κ2) is 4.60. The van der Waals surface area contributed by atoms with E-state index in [1.165, 1.54) is 0 Å². The molecule has 1 rings (SSSR count). The number of carbonyl (C=O) groups is 1. The molecule has 0 aliphatic carbocycles. The van der Waals surface area contributed by atoms with Crippen LogP contribution in [0.25, 0.3) is 0 Å². The minimum Gasteiger partial charge on any atom is -0.300 e. The van der Waals surface area contributed by atoms with Gasteiger partial charge in [-0.1, -0.05) is 11.6 Å². The third-order valence-electron chi connectivity index (χ3n) is 2.05. The third-order valence-corrected chi connectivity index (χ3v) is 2.37. The van der Waals surface area contributed by atoms with E-state index in [-0.39, 0.29) is 11.8 Å². The summed E-state index contributed by atoms with van der Waals surface area (Å²) >= 11 is 5.98. The van der Waals surface area contributed by atoms with Gasteiger partial charge in [-0.2, -0.15) is 5.10 Å². The van der Waals surface area contributed by atoms with E-state index in [0.29, 0.717) is 17.9 Å². The molecule has 0 unspecified atom stereocenters. The highest BCUT2D eigenvalue weighted by Crippen LogP contribution is 2.20. The normalized spacial score (nSPS) is 10.9. The highest BCUT2D eigenvalue weighted by atomic mass is 35.5. The predicted molar refractivity (Wildman–Crippen MR) is 56.6 cm³/mol. The maximum atomic E-state index is 10.9. The molecular weight excluding hydrogens is 200 g/mol. The molecule has 78 valence electrons. The minimum absolute atomic E-state index is 0.178. The van der Waals surface area contributed by atoms with Crippen molar-refractivity contribution in [1.82, 2.24) is 9.78 Å². The first-order valence-electron chi connectivity index (χ1n) is 4.73. The molecule has 0 amide bonds. The lowest BCUT2D eigenvalue weighted by Gasteiger charge is -2.10. The van der Waals surface area contributed by atoms with Crippen molar-refractivity contribution in [2.45, 2.75) is 39.7 Å². The molecule has 0 fully saturated rings. The Morgan fingerprint density at radius 3 is 2.79 bits per heavy atom. The Kier molecular flexibility index (Phi) is 3.69. The summed E-state index contributed by atoms with van der Waals surface area (Å²) in [5.74, 6) is 0.178. The van der Waals surface area contributed by atoms with Crippen molar-refractivity contribution in [1.29, 1.82) is 0 Å². The van der Waals surface area contributed by atoms with Gasteiger partial charge in [-0.15, -0.1) is 0 Å². The zero-order valence-electron chi connectivity index (χ0n) is 8.75. The molecule has 0 spiro atoms. The second-order valence-electron chi connectivity index (χ2n) is 3.68. The molecule has 4 heteroatoms. The Hall–Kier alpha value is -0.830. The SMILES string of the molecule is CC(=O)CCc1c(Cl)cnn1C(C)C. The number of ketones is 1. The highest BCUT2D eigenvalue weighted by molar-refractivity contribution is 6.31. The Labute approximate surface area is 89.1 Å². The molecule has 0 aromatic carbocycles. The van der Waals surface area contributed by atoms with Gasteiger partial charge in [-0.05, 0) is 27.2 Å². The maximum absolute atomic E-state index is 10.9. The molecule has 3 nitrogen and oxygen atoms in total. The zero-order valence-corrected chi connectivity index (χ0v) is 9.51. The van der Waals surface area contributed by atoms with Crippen LogP contribution in [0.15, 0.2) is 6.20 Å². The van der Waals surface area contributed by atoms with Crippen LogP contribution in [0.4, 0.5) is 0 Å². The Morgan fingerprint density at radius 1 is 1.64 bits per heavy atom. The van der Waals surface area contributed by atoms with Gasteiger partial charge in [-0.3, -0.25) is 4.68 Å². The summed E-state index contributed by atoms with van der Waals surface area (Å²) in [7, 11) is 0. The number of aromatic nitrogens is 2. The fourth-order valence-corrected chi connectivity index (χ4v) is 1.56. The summed E-state index contributed by atoms with van der Waals surface area (Å²) in [6.45, 7) is 5.67. The smallest absolute Gasteiger partial charge is 0.130 e. The van der Waals surface area contributed by atoms with Crippen LogP contribution >= 0.6 is 11.6 Å². The van der Waals surface area contributed by atoms with E-state index < -0.39 is 0 Å². The summed E-state index contributed by atoms with van der Waals surface area (Å²) in [5.41, 5.74) is 0.955. The molecule has 0 radical (unpaired) electrons. The van der Waals surface area contributed by atoms with Gasteiger partial charge < -0.3 is 4.79 Å². The largest absolute Gasteiger partial charge is 0.300 e. The molecule has 1 aromatic rings. The Bertz CT molecular complexity index is 331. The van der Waals surface area contributed by atoms with Gasteiger partial charge in [0.25, 0.3) is 0 Å². The minimum atomic E-state index is 0.178. The van der Waals surface area contributed by atoms with Crippen LogP contribution in [-0.2, 0) is 11.2 Å². The van der Waals surface area contributed by atoms with Gasteiger partial charge in [0.1, 0.15) is 5.78 Å². The van der Waals surface area contributed by atoms with Crippen LogP contribution in [0.5, 0.6) is 0 Å². The van der Waals surface area contributed by atoms with E-state index >= 15 is 0 Å². The number of hydrogen-bond acceptors (Lipinski definition) is 2. The van der Waals surface area contributed by atoms with Gasteiger partial charge in [0.15, 0.2) is 0 Å². The number of rotatable bonds is 4. The second-order valence-corrected chi connectivity index (χ2v) is 4.09. The van der Waals surface area contributed by atoms with Crippen molar-refractivity contribution in [2.75, 3.05) is 0 Å². The molecule has 0 aliphatic rings. The van der Waals surface area contributed by atoms with E-state index in [9.17, 15) is 4.79 Å². The standard InChI is InChI=1S/C10H15ClN2O/c1-7(2)13-10(5-4-8(3)14)9(11)6-12-13/h6-7H,4-5H2,1-3H3. The lowest BCUT2D eigenvalue weighted by atomic mass is 10.2. The molecule has 1 heterocycles. The summed E-state index contributed by atoms with van der Waals surface area (Å²) in [5, 5.41) is 4.82. The van der Waals surface area contributed by atoms with Crippen molar-refractivity contribution in [3.63, 3.8) is 0 Å². The number of nitrogens with zero attached hydrogens (tertiary/aromatic N) is 2. The van der Waals surface area contributed by atoms with E-state index in [4.69, 9.17) is 11.6 Å². The summed E-state index contributed by atoms with van der Waals surface area (Å²) in [4.78, 5) is 10.9. The Morgan fingerprint density at radius 2 is 2.29 bits per heavy atom. The summed E-state index contributed by atoms with van der Waals surface area (Å²) in [6, 6.07) is 0.282. The fourth-order valence-electron chi connectivity index (χ4n) is 1.34. The van der Waals surface area contributed by atoms with Crippen LogP contribution in [0.3, 0.4) is 0 Å². The summed E-state index contributed by atoms with van der Waals surface area (Å²) in [6.07, 6.45) is 2.83. The monoisotopic (exact) mass is 214 g/mol. The maximum Gasteiger partial charge on any atom is 0.130 e. The first-order valence-corrected chi connectivity index (χ1v) is 5.11. The average Bonchev–Trinajstić information content (AvgIpc) is 2.43. The molecule has 14 heavy (non-hydrogen) atoms. The van der Waals surface area contributed by atoms with Gasteiger partial charge in [0.2, 0.25) is 0 Å². The molecule has 0 bridgehead atoms. The number of halogens is 1. The first kappa shape index (κ1) is 11.2. The van der Waals surface area contributed by atoms with Gasteiger partial charge >= 0.3 is 0 Å². The molecule has 0 aliphatic heterocycles. The van der Waals surface area contributed by atoms with Crippen molar-refractivity contribution < 1.29 is 4.79 Å². The Balaban J connectivity index is 2.82. The average molecular weight is 215 g/mol. The highest BCUT2D eigenvalue weighted by Gasteiger charge is 2.11. The third kappa shape index (κ3) is 2.58. The van der Waals surface area contributed by atoms with Gasteiger partial charge in [0, 0.05) is 12.5 Å². The lowest BCUT2D eigenvalue weighted by Crippen LogP contribution is -2.08. The first-order chi connectivity index (χ1) is 6.52. The van der Waals surface area contributed by atoms with Crippen molar-refractivity contribution in [3.05, 3.63) is 16.9 Å². The van der Waals surface area contributed by atoms with E-state index in [1.807, 2.05) is 18.5 Å². The van der Waals surface area contributed by atoms with Gasteiger partial charge in [0.05, 0.1) is 16.9 Å². The van der Waals surface area contributed by atoms with Gasteiger partial charge in [-0.25, -0.2) is 0 Å². The number of Topliss-reactive ketones (excluding diaryl/α,β-unsaturated/α-hetero) is 1. The molecule has 0 atom stereocenters. The van der Waals surface area contributed by atoms with Crippen LogP contribution in [0.1, 0.15) is 38.9 Å². The topological polar surface area (TPSA) is 34.9 Å². The molecule has 0 saturated carbocycles. The van der Waals surface area contributed by atoms with Crippen LogP contribution < -0.4 is 0 Å². The van der Waals surface area contributed by atoms with Crippen molar-refractivity contribution >= 4 is 17.4 Å². The van der Waals surface area contributed by atoms with Crippen LogP contribution in [0, 0.1) is 0 Å². The van der Waals surface area contributed by atoms with E-state index in [0.717, 1.165) is 5.69 Å². The zero-order chi connectivity index (χ0) is 10.7. The fraction of sp³-hybridized carbons (Fsp3) is 0.600. The quantitative estimate of drug-likeness (QED) is 0.773. The van der Waals surface area contributed by atoms with E-state index in [1.54, 1.807) is 13.1 Å². The van der Waals surface area contributed by atoms with Crippen LogP contribution in [0.2, 0.25) is 5.02 Å². The molecule has 0 saturated heterocycles. The molecule has 1 aromatic heterocycles. The lowest BCUT2D eigenvalue weighted by molar-refractivity contribution is -0.117. The van der Waals surface area contributed by atoms with Crippen LogP contribution in [-0.4, -0.2) is 15.6 Å². The predicted octanol–water partition coefficient (Wildman–Crippen LogP) is 2.64. The number of carbonyl (C=O) groups excluding carboxylic acids is 1. The molecular formula is C10H15ClN2O. The van der Waals surface area contributed by atoms with Crippen molar-refractivity contribution in [2.24, 2.45) is 0 Å².